The maximum Gasteiger partial charge on any atom is 0.170 e. The van der Waals surface area contributed by atoms with Crippen LogP contribution in [0.4, 0.5) is 10.1 Å². The van der Waals surface area contributed by atoms with Gasteiger partial charge in [-0.05, 0) is 80.1 Å². The maximum atomic E-state index is 14.2. The molecule has 0 radical (unpaired) electrons. The Morgan fingerprint density at radius 2 is 1.83 bits per heavy atom. The van der Waals surface area contributed by atoms with Gasteiger partial charge in [-0.15, -0.1) is 0 Å². The molecule has 0 atom stereocenters. The molecule has 1 aromatic heterocycles. The molecule has 1 N–H and O–H groups in total. The van der Waals surface area contributed by atoms with Gasteiger partial charge in [0.15, 0.2) is 17.3 Å². The fourth-order valence-corrected chi connectivity index (χ4v) is 5.80. The Morgan fingerprint density at radius 3 is 2.50 bits per heavy atom. The summed E-state index contributed by atoms with van der Waals surface area (Å²) in [7, 11) is 0. The second kappa shape index (κ2) is 10.3. The van der Waals surface area contributed by atoms with Crippen LogP contribution >= 0.6 is 11.6 Å². The van der Waals surface area contributed by atoms with Crippen LogP contribution in [-0.4, -0.2) is 53.5 Å². The number of rotatable bonds is 6. The zero-order valence-electron chi connectivity index (χ0n) is 20.9. The lowest BCUT2D eigenvalue weighted by molar-refractivity contribution is 0.0939. The first kappa shape index (κ1) is 25.0. The molecule has 5 nitrogen and oxygen atoms in total. The van der Waals surface area contributed by atoms with Gasteiger partial charge in [-0.3, -0.25) is 9.78 Å². The van der Waals surface area contributed by atoms with E-state index in [0.29, 0.717) is 17.0 Å². The van der Waals surface area contributed by atoms with Crippen molar-refractivity contribution in [2.75, 3.05) is 37.6 Å². The molecule has 2 saturated heterocycles. The largest absolute Gasteiger partial charge is 0.504 e. The van der Waals surface area contributed by atoms with E-state index in [9.17, 15) is 14.3 Å². The number of ketones is 1. The van der Waals surface area contributed by atoms with Gasteiger partial charge in [0.05, 0.1) is 21.8 Å². The average Bonchev–Trinajstić information content (AvgIpc) is 3.39. The summed E-state index contributed by atoms with van der Waals surface area (Å²) < 4.78 is 14.2. The minimum absolute atomic E-state index is 0.0349. The Hall–Kier alpha value is -2.70. The fraction of sp³-hybridized carbons (Fsp3) is 0.448. The second-order valence-corrected chi connectivity index (χ2v) is 10.9. The lowest BCUT2D eigenvalue weighted by Gasteiger charge is -2.36. The highest BCUT2D eigenvalue weighted by molar-refractivity contribution is 6.32. The standard InChI is InChI=1S/C29H33ClFN3O2/c1-18(2)28(35)23-16-32-26-6-5-20(21-14-24(30)29(36)25(31)15-21)13-22(26)27(23)34-11-7-19(8-12-34)17-33-9-3-4-10-33/h5-6,13-16,18-19,36H,3-4,7-12,17H2,1-2H3. The molecule has 2 aliphatic heterocycles. The number of hydrogen-bond acceptors (Lipinski definition) is 5. The molecule has 0 bridgehead atoms. The summed E-state index contributed by atoms with van der Waals surface area (Å²) >= 11 is 6.06. The molecule has 3 aromatic rings. The SMILES string of the molecule is CC(C)C(=O)c1cnc2ccc(-c3cc(F)c(O)c(Cl)c3)cc2c1N1CCC(CN2CCCC2)CC1. The molecule has 36 heavy (non-hydrogen) atoms. The van der Waals surface area contributed by atoms with E-state index >= 15 is 0 Å². The summed E-state index contributed by atoms with van der Waals surface area (Å²) in [4.78, 5) is 22.8. The van der Waals surface area contributed by atoms with Crippen LogP contribution in [0.1, 0.15) is 49.9 Å². The Kier molecular flexibility index (Phi) is 7.18. The van der Waals surface area contributed by atoms with Crippen LogP contribution in [0, 0.1) is 17.7 Å². The van der Waals surface area contributed by atoms with Crippen molar-refractivity contribution >= 4 is 34.0 Å². The lowest BCUT2D eigenvalue weighted by Crippen LogP contribution is -2.39. The van der Waals surface area contributed by atoms with Gasteiger partial charge in [0.1, 0.15) is 0 Å². The van der Waals surface area contributed by atoms with E-state index in [0.717, 1.165) is 48.1 Å². The molecule has 0 amide bonds. The highest BCUT2D eigenvalue weighted by Crippen LogP contribution is 2.38. The summed E-state index contributed by atoms with van der Waals surface area (Å²) in [6.07, 6.45) is 6.51. The van der Waals surface area contributed by atoms with Crippen molar-refractivity contribution in [2.24, 2.45) is 11.8 Å². The minimum Gasteiger partial charge on any atom is -0.504 e. The quantitative estimate of drug-likeness (QED) is 0.382. The number of pyridine rings is 1. The minimum atomic E-state index is -0.764. The van der Waals surface area contributed by atoms with Gasteiger partial charge in [-0.1, -0.05) is 31.5 Å². The topological polar surface area (TPSA) is 56.7 Å². The van der Waals surface area contributed by atoms with Crippen LogP contribution in [0.2, 0.25) is 5.02 Å². The van der Waals surface area contributed by atoms with Crippen molar-refractivity contribution in [1.29, 1.82) is 0 Å². The summed E-state index contributed by atoms with van der Waals surface area (Å²) in [6, 6.07) is 8.57. The number of benzene rings is 2. The summed E-state index contributed by atoms with van der Waals surface area (Å²) in [5.41, 5.74) is 3.67. The first-order valence-electron chi connectivity index (χ1n) is 12.9. The number of fused-ring (bicyclic) bond motifs is 1. The molecule has 0 aliphatic carbocycles. The maximum absolute atomic E-state index is 14.2. The molecule has 2 aromatic carbocycles. The molecule has 7 heteroatoms. The van der Waals surface area contributed by atoms with Gasteiger partial charge in [0, 0.05) is 37.1 Å². The number of carbonyl (C=O) groups excluding carboxylic acids is 1. The smallest absolute Gasteiger partial charge is 0.170 e. The van der Waals surface area contributed by atoms with Crippen LogP contribution in [0.25, 0.3) is 22.0 Å². The van der Waals surface area contributed by atoms with Crippen molar-refractivity contribution in [2.45, 2.75) is 39.5 Å². The fourth-order valence-electron chi connectivity index (χ4n) is 5.59. The number of Topliss-reactive ketones (excluding diaryl/α,β-unsaturated/α-hetero) is 1. The Bertz CT molecular complexity index is 1260. The molecule has 0 saturated carbocycles. The number of nitrogens with zero attached hydrogens (tertiary/aromatic N) is 3. The number of carbonyl (C=O) groups is 1. The van der Waals surface area contributed by atoms with E-state index < -0.39 is 11.6 Å². The highest BCUT2D eigenvalue weighted by atomic mass is 35.5. The van der Waals surface area contributed by atoms with Crippen molar-refractivity contribution in [3.8, 4) is 16.9 Å². The van der Waals surface area contributed by atoms with Gasteiger partial charge in [-0.2, -0.15) is 0 Å². The van der Waals surface area contributed by atoms with E-state index in [1.807, 2.05) is 32.0 Å². The summed E-state index contributed by atoms with van der Waals surface area (Å²) in [5, 5.41) is 10.6. The Morgan fingerprint density at radius 1 is 1.11 bits per heavy atom. The van der Waals surface area contributed by atoms with Crippen LogP contribution in [0.15, 0.2) is 36.5 Å². The number of aromatic hydroxyl groups is 1. The molecule has 3 heterocycles. The lowest BCUT2D eigenvalue weighted by atomic mass is 9.92. The summed E-state index contributed by atoms with van der Waals surface area (Å²) in [6.45, 7) is 9.20. The third-order valence-corrected chi connectivity index (χ3v) is 7.91. The first-order chi connectivity index (χ1) is 17.3. The number of likely N-dealkylation sites (tertiary alicyclic amines) is 1. The Balaban J connectivity index is 1.53. The molecular formula is C29H33ClFN3O2. The second-order valence-electron chi connectivity index (χ2n) is 10.5. The van der Waals surface area contributed by atoms with Gasteiger partial charge in [0.25, 0.3) is 0 Å². The van der Waals surface area contributed by atoms with Crippen molar-refractivity contribution in [3.63, 3.8) is 0 Å². The van der Waals surface area contributed by atoms with Crippen molar-refractivity contribution in [3.05, 3.63) is 52.9 Å². The third-order valence-electron chi connectivity index (χ3n) is 7.63. The van der Waals surface area contributed by atoms with Crippen molar-refractivity contribution in [1.82, 2.24) is 9.88 Å². The zero-order chi connectivity index (χ0) is 25.4. The average molecular weight is 510 g/mol. The number of aromatic nitrogens is 1. The Labute approximate surface area is 216 Å². The van der Waals surface area contributed by atoms with E-state index in [2.05, 4.69) is 14.8 Å². The molecule has 190 valence electrons. The van der Waals surface area contributed by atoms with Gasteiger partial charge >= 0.3 is 0 Å². The molecule has 2 aliphatic rings. The molecule has 5 rings (SSSR count). The zero-order valence-corrected chi connectivity index (χ0v) is 21.7. The molecular weight excluding hydrogens is 477 g/mol. The molecule has 0 spiro atoms. The van der Waals surface area contributed by atoms with E-state index in [1.54, 1.807) is 12.3 Å². The third kappa shape index (κ3) is 4.94. The van der Waals surface area contributed by atoms with E-state index in [4.69, 9.17) is 11.6 Å². The van der Waals surface area contributed by atoms with E-state index in [1.165, 1.54) is 38.5 Å². The summed E-state index contributed by atoms with van der Waals surface area (Å²) in [5.74, 6) is -0.717. The van der Waals surface area contributed by atoms with E-state index in [-0.39, 0.29) is 16.7 Å². The van der Waals surface area contributed by atoms with Gasteiger partial charge in [0.2, 0.25) is 0 Å². The predicted octanol–water partition coefficient (Wildman–Crippen LogP) is 6.55. The number of anilines is 1. The van der Waals surface area contributed by atoms with Gasteiger partial charge < -0.3 is 14.9 Å². The number of phenolic OH excluding ortho intramolecular Hbond substituents is 1. The van der Waals surface area contributed by atoms with Gasteiger partial charge in [-0.25, -0.2) is 4.39 Å². The van der Waals surface area contributed by atoms with Crippen LogP contribution < -0.4 is 4.90 Å². The number of halogens is 2. The normalized spacial score (nSPS) is 17.4. The van der Waals surface area contributed by atoms with Crippen LogP contribution in [-0.2, 0) is 0 Å². The number of hydrogen-bond donors (Lipinski definition) is 1. The van der Waals surface area contributed by atoms with Crippen LogP contribution in [0.5, 0.6) is 5.75 Å². The molecule has 2 fully saturated rings. The number of phenols is 1. The monoisotopic (exact) mass is 509 g/mol. The molecule has 0 unspecified atom stereocenters. The predicted molar refractivity (Wildman–Crippen MR) is 144 cm³/mol. The highest BCUT2D eigenvalue weighted by Gasteiger charge is 2.28. The number of piperidine rings is 1. The van der Waals surface area contributed by atoms with Crippen molar-refractivity contribution < 1.29 is 14.3 Å². The first-order valence-corrected chi connectivity index (χ1v) is 13.3. The van der Waals surface area contributed by atoms with Crippen LogP contribution in [0.3, 0.4) is 0 Å².